The zero-order valence-electron chi connectivity index (χ0n) is 8.92. The predicted molar refractivity (Wildman–Crippen MR) is 60.8 cm³/mol. The summed E-state index contributed by atoms with van der Waals surface area (Å²) in [5, 5.41) is 9.22. The Morgan fingerprint density at radius 3 is 2.50 bits per heavy atom. The molecule has 0 bridgehead atoms. The average Bonchev–Trinajstić information content (AvgIpc) is 2.62. The lowest BCUT2D eigenvalue weighted by molar-refractivity contribution is -0.149. The molecule has 0 atom stereocenters. The van der Waals surface area contributed by atoms with Crippen LogP contribution in [0, 0.1) is 5.41 Å². The Bertz CT molecular complexity index is 186. The molecule has 0 spiro atoms. The number of carboxylic acids is 1. The van der Waals surface area contributed by atoms with Crippen molar-refractivity contribution in [2.24, 2.45) is 5.41 Å². The number of rotatable bonds is 6. The van der Waals surface area contributed by atoms with Gasteiger partial charge in [-0.3, -0.25) is 4.79 Å². The highest BCUT2D eigenvalue weighted by atomic mass is 32.2. The van der Waals surface area contributed by atoms with Crippen LogP contribution < -0.4 is 0 Å². The molecule has 0 aromatic rings. The van der Waals surface area contributed by atoms with Crippen LogP contribution in [-0.4, -0.2) is 23.1 Å². The van der Waals surface area contributed by atoms with Crippen LogP contribution in [0.25, 0.3) is 0 Å². The van der Waals surface area contributed by atoms with E-state index in [-0.39, 0.29) is 5.41 Å². The van der Waals surface area contributed by atoms with E-state index in [0.29, 0.717) is 0 Å². The van der Waals surface area contributed by atoms with Crippen LogP contribution in [0.1, 0.15) is 44.9 Å². The topological polar surface area (TPSA) is 37.3 Å². The van der Waals surface area contributed by atoms with Crippen molar-refractivity contribution in [2.75, 3.05) is 12.0 Å². The standard InChI is InChI=1S/C11H20O2S/c1-14-9-5-4-8-11(10(12)13)6-2-3-7-11/h2-9H2,1H3,(H,12,13). The van der Waals surface area contributed by atoms with Crippen LogP contribution in [0.5, 0.6) is 0 Å². The van der Waals surface area contributed by atoms with Gasteiger partial charge in [0.1, 0.15) is 0 Å². The van der Waals surface area contributed by atoms with Gasteiger partial charge in [-0.15, -0.1) is 0 Å². The van der Waals surface area contributed by atoms with Crippen molar-refractivity contribution < 1.29 is 9.90 Å². The molecule has 82 valence electrons. The Balaban J connectivity index is 2.33. The van der Waals surface area contributed by atoms with Gasteiger partial charge in [0.2, 0.25) is 0 Å². The van der Waals surface area contributed by atoms with Gasteiger partial charge in [-0.05, 0) is 37.7 Å². The number of hydrogen-bond donors (Lipinski definition) is 1. The molecular weight excluding hydrogens is 196 g/mol. The molecule has 0 saturated heterocycles. The van der Waals surface area contributed by atoms with Gasteiger partial charge in [0.25, 0.3) is 0 Å². The predicted octanol–water partition coefficient (Wildman–Crippen LogP) is 3.16. The monoisotopic (exact) mass is 216 g/mol. The van der Waals surface area contributed by atoms with Gasteiger partial charge in [0, 0.05) is 0 Å². The van der Waals surface area contributed by atoms with Crippen LogP contribution in [-0.2, 0) is 4.79 Å². The van der Waals surface area contributed by atoms with Crippen LogP contribution in [0.2, 0.25) is 0 Å². The van der Waals surface area contributed by atoms with E-state index in [0.717, 1.165) is 50.7 Å². The molecule has 3 heteroatoms. The quantitative estimate of drug-likeness (QED) is 0.693. The minimum Gasteiger partial charge on any atom is -0.481 e. The number of carboxylic acid groups (broad SMARTS) is 1. The normalized spacial score (nSPS) is 19.8. The van der Waals surface area contributed by atoms with Crippen molar-refractivity contribution >= 4 is 17.7 Å². The summed E-state index contributed by atoms with van der Waals surface area (Å²) in [6, 6.07) is 0. The van der Waals surface area contributed by atoms with Crippen molar-refractivity contribution in [2.45, 2.75) is 44.9 Å². The summed E-state index contributed by atoms with van der Waals surface area (Å²) < 4.78 is 0. The van der Waals surface area contributed by atoms with E-state index < -0.39 is 5.97 Å². The Hall–Kier alpha value is -0.180. The maximum Gasteiger partial charge on any atom is 0.309 e. The first-order valence-electron chi connectivity index (χ1n) is 5.44. The molecular formula is C11H20O2S. The Labute approximate surface area is 90.5 Å². The minimum atomic E-state index is -0.556. The molecule has 1 rings (SSSR count). The summed E-state index contributed by atoms with van der Waals surface area (Å²) >= 11 is 1.84. The molecule has 1 aliphatic carbocycles. The second kappa shape index (κ2) is 5.64. The van der Waals surface area contributed by atoms with Crippen LogP contribution in [0.3, 0.4) is 0 Å². The second-order valence-corrected chi connectivity index (χ2v) is 5.23. The largest absolute Gasteiger partial charge is 0.481 e. The highest BCUT2D eigenvalue weighted by Crippen LogP contribution is 2.42. The Morgan fingerprint density at radius 2 is 2.00 bits per heavy atom. The summed E-state index contributed by atoms with van der Waals surface area (Å²) in [5.41, 5.74) is -0.349. The molecule has 0 heterocycles. The Morgan fingerprint density at radius 1 is 1.36 bits per heavy atom. The summed E-state index contributed by atoms with van der Waals surface area (Å²) in [7, 11) is 0. The van der Waals surface area contributed by atoms with Gasteiger partial charge in [0.15, 0.2) is 0 Å². The van der Waals surface area contributed by atoms with Crippen LogP contribution >= 0.6 is 11.8 Å². The van der Waals surface area contributed by atoms with E-state index in [9.17, 15) is 9.90 Å². The third-order valence-electron chi connectivity index (χ3n) is 3.27. The fraction of sp³-hybridized carbons (Fsp3) is 0.909. The first-order valence-corrected chi connectivity index (χ1v) is 6.83. The molecule has 1 N–H and O–H groups in total. The van der Waals surface area contributed by atoms with E-state index >= 15 is 0 Å². The fourth-order valence-corrected chi connectivity index (χ4v) is 2.83. The summed E-state index contributed by atoms with van der Waals surface area (Å²) in [6.07, 6.45) is 9.25. The summed E-state index contributed by atoms with van der Waals surface area (Å²) in [4.78, 5) is 11.2. The SMILES string of the molecule is CSCCCCC1(C(=O)O)CCCC1. The second-order valence-electron chi connectivity index (χ2n) is 4.24. The van der Waals surface area contributed by atoms with Crippen molar-refractivity contribution in [1.29, 1.82) is 0 Å². The molecule has 0 unspecified atom stereocenters. The van der Waals surface area contributed by atoms with E-state index in [2.05, 4.69) is 6.26 Å². The van der Waals surface area contributed by atoms with Gasteiger partial charge >= 0.3 is 5.97 Å². The molecule has 1 saturated carbocycles. The number of unbranched alkanes of at least 4 members (excludes halogenated alkanes) is 1. The van der Waals surface area contributed by atoms with Gasteiger partial charge in [-0.25, -0.2) is 0 Å². The van der Waals surface area contributed by atoms with Crippen molar-refractivity contribution in [3.63, 3.8) is 0 Å². The van der Waals surface area contributed by atoms with Crippen LogP contribution in [0.4, 0.5) is 0 Å². The molecule has 0 aromatic carbocycles. The number of carbonyl (C=O) groups is 1. The molecule has 0 aromatic heterocycles. The smallest absolute Gasteiger partial charge is 0.309 e. The van der Waals surface area contributed by atoms with Crippen molar-refractivity contribution in [3.05, 3.63) is 0 Å². The van der Waals surface area contributed by atoms with E-state index in [1.807, 2.05) is 11.8 Å². The molecule has 0 radical (unpaired) electrons. The van der Waals surface area contributed by atoms with Crippen LogP contribution in [0.15, 0.2) is 0 Å². The zero-order chi connectivity index (χ0) is 10.4. The maximum atomic E-state index is 11.2. The number of thioether (sulfide) groups is 1. The highest BCUT2D eigenvalue weighted by molar-refractivity contribution is 7.98. The van der Waals surface area contributed by atoms with Gasteiger partial charge in [-0.2, -0.15) is 11.8 Å². The first-order chi connectivity index (χ1) is 6.71. The summed E-state index contributed by atoms with van der Waals surface area (Å²) in [5.74, 6) is 0.606. The molecule has 14 heavy (non-hydrogen) atoms. The van der Waals surface area contributed by atoms with E-state index in [4.69, 9.17) is 0 Å². The molecule has 1 aliphatic rings. The third kappa shape index (κ3) is 2.91. The lowest BCUT2D eigenvalue weighted by atomic mass is 9.81. The molecule has 0 aliphatic heterocycles. The van der Waals surface area contributed by atoms with Gasteiger partial charge < -0.3 is 5.11 Å². The summed E-state index contributed by atoms with van der Waals surface area (Å²) in [6.45, 7) is 0. The molecule has 0 amide bonds. The zero-order valence-corrected chi connectivity index (χ0v) is 9.74. The third-order valence-corrected chi connectivity index (χ3v) is 3.97. The van der Waals surface area contributed by atoms with Crippen molar-refractivity contribution in [3.8, 4) is 0 Å². The first kappa shape index (κ1) is 11.9. The molecule has 2 nitrogen and oxygen atoms in total. The lowest BCUT2D eigenvalue weighted by Crippen LogP contribution is -2.27. The van der Waals surface area contributed by atoms with Gasteiger partial charge in [-0.1, -0.05) is 19.3 Å². The number of hydrogen-bond acceptors (Lipinski definition) is 2. The lowest BCUT2D eigenvalue weighted by Gasteiger charge is -2.23. The minimum absolute atomic E-state index is 0.349. The Kier molecular flexibility index (Phi) is 4.79. The highest BCUT2D eigenvalue weighted by Gasteiger charge is 2.40. The average molecular weight is 216 g/mol. The maximum absolute atomic E-state index is 11.2. The van der Waals surface area contributed by atoms with E-state index in [1.54, 1.807) is 0 Å². The van der Waals surface area contributed by atoms with Gasteiger partial charge in [0.05, 0.1) is 5.41 Å². The van der Waals surface area contributed by atoms with Crippen molar-refractivity contribution in [1.82, 2.24) is 0 Å². The fourth-order valence-electron chi connectivity index (χ4n) is 2.33. The number of aliphatic carboxylic acids is 1. The molecule has 1 fully saturated rings. The van der Waals surface area contributed by atoms with E-state index in [1.165, 1.54) is 0 Å².